The largest absolute Gasteiger partial charge is 0.494 e. The summed E-state index contributed by atoms with van der Waals surface area (Å²) >= 11 is 0. The van der Waals surface area contributed by atoms with E-state index in [2.05, 4.69) is 5.32 Å². The van der Waals surface area contributed by atoms with Crippen LogP contribution in [0.2, 0.25) is 0 Å². The van der Waals surface area contributed by atoms with Gasteiger partial charge in [0.2, 0.25) is 5.91 Å². The minimum Gasteiger partial charge on any atom is -0.494 e. The summed E-state index contributed by atoms with van der Waals surface area (Å²) in [4.78, 5) is 22.4. The third kappa shape index (κ3) is 6.55. The summed E-state index contributed by atoms with van der Waals surface area (Å²) in [7, 11) is 0. The quantitative estimate of drug-likeness (QED) is 0.731. The molecule has 25 heavy (non-hydrogen) atoms. The Bertz CT molecular complexity index is 695. The lowest BCUT2D eigenvalue weighted by Crippen LogP contribution is -2.12. The van der Waals surface area contributed by atoms with Crippen LogP contribution in [0.25, 0.3) is 0 Å². The Hall–Kier alpha value is -3.02. The fourth-order valence-corrected chi connectivity index (χ4v) is 2.18. The van der Waals surface area contributed by atoms with Gasteiger partial charge in [0.05, 0.1) is 6.61 Å². The Morgan fingerprint density at radius 1 is 0.960 bits per heavy atom. The maximum atomic E-state index is 12.0. The topological polar surface area (TPSA) is 84.9 Å². The van der Waals surface area contributed by atoms with Gasteiger partial charge in [-0.15, -0.1) is 0 Å². The van der Waals surface area contributed by atoms with E-state index in [4.69, 9.17) is 14.6 Å². The Morgan fingerprint density at radius 3 is 2.16 bits per heavy atom. The highest BCUT2D eigenvalue weighted by molar-refractivity contribution is 5.90. The standard InChI is InChI=1S/C19H21NO5/c1-2-24-16-8-3-14(4-9-16)5-12-18(21)20-15-6-10-17(11-7-15)25-13-19(22)23/h3-4,6-11H,2,5,12-13H2,1H3,(H,20,21)(H,22,23). The van der Waals surface area contributed by atoms with Crippen LogP contribution in [0.15, 0.2) is 48.5 Å². The van der Waals surface area contributed by atoms with Crippen LogP contribution in [0.1, 0.15) is 18.9 Å². The molecular formula is C19H21NO5. The number of rotatable bonds is 9. The molecule has 0 fully saturated rings. The molecule has 6 nitrogen and oxygen atoms in total. The van der Waals surface area contributed by atoms with Crippen molar-refractivity contribution >= 4 is 17.6 Å². The molecule has 0 spiro atoms. The Morgan fingerprint density at radius 2 is 1.56 bits per heavy atom. The van der Waals surface area contributed by atoms with Gasteiger partial charge in [0.15, 0.2) is 6.61 Å². The average Bonchev–Trinajstić information content (AvgIpc) is 2.61. The smallest absolute Gasteiger partial charge is 0.341 e. The molecule has 0 unspecified atom stereocenters. The van der Waals surface area contributed by atoms with E-state index in [-0.39, 0.29) is 5.91 Å². The van der Waals surface area contributed by atoms with Crippen molar-refractivity contribution in [2.75, 3.05) is 18.5 Å². The van der Waals surface area contributed by atoms with Crippen molar-refractivity contribution in [1.29, 1.82) is 0 Å². The van der Waals surface area contributed by atoms with E-state index in [0.717, 1.165) is 11.3 Å². The van der Waals surface area contributed by atoms with Crippen molar-refractivity contribution in [2.45, 2.75) is 19.8 Å². The summed E-state index contributed by atoms with van der Waals surface area (Å²) in [6.07, 6.45) is 1.00. The molecule has 0 saturated carbocycles. The second-order valence-corrected chi connectivity index (χ2v) is 5.33. The minimum atomic E-state index is -1.04. The molecule has 0 atom stereocenters. The van der Waals surface area contributed by atoms with E-state index in [0.29, 0.717) is 30.9 Å². The zero-order valence-corrected chi connectivity index (χ0v) is 14.0. The number of carbonyl (C=O) groups is 2. The number of carbonyl (C=O) groups excluding carboxylic acids is 1. The number of anilines is 1. The third-order valence-electron chi connectivity index (χ3n) is 3.38. The zero-order valence-electron chi connectivity index (χ0n) is 14.0. The molecule has 0 bridgehead atoms. The van der Waals surface area contributed by atoms with Crippen molar-refractivity contribution in [1.82, 2.24) is 0 Å². The van der Waals surface area contributed by atoms with Crippen LogP contribution in [-0.2, 0) is 16.0 Å². The number of benzene rings is 2. The molecule has 0 radical (unpaired) electrons. The lowest BCUT2D eigenvalue weighted by Gasteiger charge is -2.08. The normalized spacial score (nSPS) is 10.1. The maximum absolute atomic E-state index is 12.0. The molecule has 0 aliphatic heterocycles. The number of hydrogen-bond acceptors (Lipinski definition) is 4. The van der Waals surface area contributed by atoms with Crippen molar-refractivity contribution in [3.05, 3.63) is 54.1 Å². The first-order valence-electron chi connectivity index (χ1n) is 8.03. The molecule has 0 aliphatic carbocycles. The Labute approximate surface area is 146 Å². The van der Waals surface area contributed by atoms with Gasteiger partial charge in [0.25, 0.3) is 0 Å². The predicted molar refractivity (Wildman–Crippen MR) is 94.1 cm³/mol. The third-order valence-corrected chi connectivity index (χ3v) is 3.38. The van der Waals surface area contributed by atoms with Crippen molar-refractivity contribution in [2.24, 2.45) is 0 Å². The number of aryl methyl sites for hydroxylation is 1. The number of nitrogens with one attached hydrogen (secondary N) is 1. The van der Waals surface area contributed by atoms with Crippen LogP contribution in [0.5, 0.6) is 11.5 Å². The first-order valence-corrected chi connectivity index (χ1v) is 8.03. The van der Waals surface area contributed by atoms with Gasteiger partial charge in [-0.3, -0.25) is 4.79 Å². The molecular weight excluding hydrogens is 322 g/mol. The lowest BCUT2D eigenvalue weighted by molar-refractivity contribution is -0.139. The van der Waals surface area contributed by atoms with Gasteiger partial charge in [-0.25, -0.2) is 4.79 Å². The fourth-order valence-electron chi connectivity index (χ4n) is 2.18. The maximum Gasteiger partial charge on any atom is 0.341 e. The van der Waals surface area contributed by atoms with E-state index >= 15 is 0 Å². The van der Waals surface area contributed by atoms with E-state index in [1.807, 2.05) is 31.2 Å². The van der Waals surface area contributed by atoms with Crippen molar-refractivity contribution in [3.8, 4) is 11.5 Å². The number of ether oxygens (including phenoxy) is 2. The van der Waals surface area contributed by atoms with E-state index in [9.17, 15) is 9.59 Å². The van der Waals surface area contributed by atoms with Gasteiger partial charge >= 0.3 is 5.97 Å². The molecule has 0 saturated heterocycles. The molecule has 2 rings (SSSR count). The predicted octanol–water partition coefficient (Wildman–Crippen LogP) is 3.12. The summed E-state index contributed by atoms with van der Waals surface area (Å²) in [5, 5.41) is 11.4. The van der Waals surface area contributed by atoms with Crippen LogP contribution in [-0.4, -0.2) is 30.2 Å². The number of amides is 1. The monoisotopic (exact) mass is 343 g/mol. The van der Waals surface area contributed by atoms with Gasteiger partial charge in [0.1, 0.15) is 11.5 Å². The number of carboxylic acid groups (broad SMARTS) is 1. The summed E-state index contributed by atoms with van der Waals surface area (Å²) in [6, 6.07) is 14.3. The van der Waals surface area contributed by atoms with E-state index in [1.54, 1.807) is 24.3 Å². The molecule has 132 valence electrons. The van der Waals surface area contributed by atoms with Crippen LogP contribution in [0.4, 0.5) is 5.69 Å². The summed E-state index contributed by atoms with van der Waals surface area (Å²) < 4.78 is 10.4. The summed E-state index contributed by atoms with van der Waals surface area (Å²) in [5.41, 5.74) is 1.70. The highest BCUT2D eigenvalue weighted by Gasteiger charge is 2.05. The Balaban J connectivity index is 1.78. The second-order valence-electron chi connectivity index (χ2n) is 5.33. The molecule has 2 aromatic rings. The fraction of sp³-hybridized carbons (Fsp3) is 0.263. The van der Waals surface area contributed by atoms with Gasteiger partial charge in [-0.05, 0) is 55.3 Å². The second kappa shape index (κ2) is 9.32. The average molecular weight is 343 g/mol. The van der Waals surface area contributed by atoms with Crippen molar-refractivity contribution < 1.29 is 24.2 Å². The highest BCUT2D eigenvalue weighted by Crippen LogP contribution is 2.17. The Kier molecular flexibility index (Phi) is 6.83. The highest BCUT2D eigenvalue weighted by atomic mass is 16.5. The first kappa shape index (κ1) is 18.3. The van der Waals surface area contributed by atoms with E-state index in [1.165, 1.54) is 0 Å². The molecule has 1 amide bonds. The van der Waals surface area contributed by atoms with Crippen LogP contribution >= 0.6 is 0 Å². The van der Waals surface area contributed by atoms with Gasteiger partial charge in [-0.1, -0.05) is 12.1 Å². The van der Waals surface area contributed by atoms with Crippen molar-refractivity contribution in [3.63, 3.8) is 0 Å². The van der Waals surface area contributed by atoms with Crippen LogP contribution in [0.3, 0.4) is 0 Å². The first-order chi connectivity index (χ1) is 12.1. The SMILES string of the molecule is CCOc1ccc(CCC(=O)Nc2ccc(OCC(=O)O)cc2)cc1. The molecule has 0 aliphatic rings. The molecule has 2 aromatic carbocycles. The summed E-state index contributed by atoms with van der Waals surface area (Å²) in [5.74, 6) is 0.135. The molecule has 6 heteroatoms. The lowest BCUT2D eigenvalue weighted by atomic mass is 10.1. The zero-order chi connectivity index (χ0) is 18.1. The van der Waals surface area contributed by atoms with Crippen LogP contribution in [0, 0.1) is 0 Å². The van der Waals surface area contributed by atoms with E-state index < -0.39 is 12.6 Å². The van der Waals surface area contributed by atoms with Gasteiger partial charge in [-0.2, -0.15) is 0 Å². The van der Waals surface area contributed by atoms with Gasteiger partial charge < -0.3 is 19.9 Å². The number of carboxylic acids is 1. The summed E-state index contributed by atoms with van der Waals surface area (Å²) in [6.45, 7) is 2.17. The van der Waals surface area contributed by atoms with Gasteiger partial charge in [0, 0.05) is 12.1 Å². The molecule has 0 aromatic heterocycles. The minimum absolute atomic E-state index is 0.0897. The molecule has 0 heterocycles. The molecule has 2 N–H and O–H groups in total. The number of aliphatic carboxylic acids is 1. The number of hydrogen-bond donors (Lipinski definition) is 2. The van der Waals surface area contributed by atoms with Crippen LogP contribution < -0.4 is 14.8 Å².